The topological polar surface area (TPSA) is 29.3 Å². The van der Waals surface area contributed by atoms with Crippen LogP contribution in [-0.2, 0) is 6.54 Å². The second-order valence-corrected chi connectivity index (χ2v) is 6.04. The van der Waals surface area contributed by atoms with Crippen molar-refractivity contribution in [3.8, 4) is 0 Å². The largest absolute Gasteiger partial charge is 0.328 e. The molecule has 0 aromatic heterocycles. The minimum atomic E-state index is 0.322. The Morgan fingerprint density at radius 1 is 1.41 bits per heavy atom. The summed E-state index contributed by atoms with van der Waals surface area (Å²) < 4.78 is 1.15. The summed E-state index contributed by atoms with van der Waals surface area (Å²) in [7, 11) is 0. The van der Waals surface area contributed by atoms with Crippen molar-refractivity contribution in [1.29, 1.82) is 0 Å². The van der Waals surface area contributed by atoms with Gasteiger partial charge in [0.1, 0.15) is 0 Å². The monoisotopic (exact) mass is 296 g/mol. The molecular formula is C14H21BrN2. The van der Waals surface area contributed by atoms with E-state index in [4.69, 9.17) is 5.73 Å². The molecule has 17 heavy (non-hydrogen) atoms. The molecule has 2 N–H and O–H groups in total. The Morgan fingerprint density at radius 2 is 2.12 bits per heavy atom. The second kappa shape index (κ2) is 5.98. The Labute approximate surface area is 112 Å². The Hall–Kier alpha value is -0.380. The molecule has 0 radical (unpaired) electrons. The predicted octanol–water partition coefficient (Wildman–Crippen LogP) is 3.01. The maximum Gasteiger partial charge on any atom is 0.0233 e. The fraction of sp³-hybridized carbons (Fsp3) is 0.571. The van der Waals surface area contributed by atoms with Crippen molar-refractivity contribution < 1.29 is 0 Å². The van der Waals surface area contributed by atoms with Crippen LogP contribution in [0.5, 0.6) is 0 Å². The van der Waals surface area contributed by atoms with E-state index >= 15 is 0 Å². The summed E-state index contributed by atoms with van der Waals surface area (Å²) in [6.45, 7) is 5.54. The molecule has 2 rings (SSSR count). The third-order valence-electron chi connectivity index (χ3n) is 3.60. The van der Waals surface area contributed by atoms with Gasteiger partial charge in [-0.15, -0.1) is 0 Å². The van der Waals surface area contributed by atoms with Crippen LogP contribution < -0.4 is 5.73 Å². The number of rotatable bonds is 3. The molecule has 0 spiro atoms. The van der Waals surface area contributed by atoms with Crippen molar-refractivity contribution in [2.75, 3.05) is 13.1 Å². The molecule has 1 heterocycles. The predicted molar refractivity (Wildman–Crippen MR) is 75.8 cm³/mol. The highest BCUT2D eigenvalue weighted by atomic mass is 79.9. The summed E-state index contributed by atoms with van der Waals surface area (Å²) in [5.41, 5.74) is 7.40. The van der Waals surface area contributed by atoms with Crippen LogP contribution in [0, 0.1) is 5.92 Å². The van der Waals surface area contributed by atoms with E-state index in [0.717, 1.165) is 17.6 Å². The first-order valence-electron chi connectivity index (χ1n) is 6.37. The lowest BCUT2D eigenvalue weighted by Crippen LogP contribution is -2.41. The summed E-state index contributed by atoms with van der Waals surface area (Å²) in [6, 6.07) is 8.94. The van der Waals surface area contributed by atoms with E-state index in [1.807, 2.05) is 0 Å². The second-order valence-electron chi connectivity index (χ2n) is 5.12. The molecule has 3 heteroatoms. The zero-order chi connectivity index (χ0) is 12.3. The van der Waals surface area contributed by atoms with Crippen LogP contribution in [0.2, 0.25) is 0 Å². The maximum absolute atomic E-state index is 6.01. The first-order valence-corrected chi connectivity index (χ1v) is 7.17. The van der Waals surface area contributed by atoms with Gasteiger partial charge >= 0.3 is 0 Å². The zero-order valence-corrected chi connectivity index (χ0v) is 12.0. The van der Waals surface area contributed by atoms with Gasteiger partial charge in [0.25, 0.3) is 0 Å². The molecular weight excluding hydrogens is 276 g/mol. The Kier molecular flexibility index (Phi) is 4.60. The Bertz CT molecular complexity index is 348. The number of benzene rings is 1. The van der Waals surface area contributed by atoms with Crippen molar-refractivity contribution in [2.45, 2.75) is 32.4 Å². The van der Waals surface area contributed by atoms with Crippen molar-refractivity contribution >= 4 is 15.9 Å². The van der Waals surface area contributed by atoms with Crippen LogP contribution in [0.25, 0.3) is 0 Å². The van der Waals surface area contributed by atoms with Crippen molar-refractivity contribution in [3.05, 3.63) is 34.3 Å². The number of nitrogens with zero attached hydrogens (tertiary/aromatic N) is 1. The molecule has 94 valence electrons. The molecule has 0 saturated carbocycles. The van der Waals surface area contributed by atoms with E-state index in [9.17, 15) is 0 Å². The van der Waals surface area contributed by atoms with Gasteiger partial charge in [-0.3, -0.25) is 4.90 Å². The van der Waals surface area contributed by atoms with E-state index in [1.165, 1.54) is 24.9 Å². The standard InChI is InChI=1S/C14H21BrN2/c1-11(16)13-3-2-8-17(10-13)9-12-4-6-14(15)7-5-12/h4-7,11,13H,2-3,8-10,16H2,1H3. The van der Waals surface area contributed by atoms with Crippen molar-refractivity contribution in [2.24, 2.45) is 11.7 Å². The number of piperidine rings is 1. The van der Waals surface area contributed by atoms with Crippen molar-refractivity contribution in [3.63, 3.8) is 0 Å². The minimum Gasteiger partial charge on any atom is -0.328 e. The molecule has 1 aromatic rings. The Morgan fingerprint density at radius 3 is 2.76 bits per heavy atom. The minimum absolute atomic E-state index is 0.322. The van der Waals surface area contributed by atoms with Gasteiger partial charge in [-0.1, -0.05) is 28.1 Å². The molecule has 0 aliphatic carbocycles. The molecule has 2 nitrogen and oxygen atoms in total. The van der Waals surface area contributed by atoms with Gasteiger partial charge in [-0.2, -0.15) is 0 Å². The highest BCUT2D eigenvalue weighted by molar-refractivity contribution is 9.10. The first-order chi connectivity index (χ1) is 8.15. The summed E-state index contributed by atoms with van der Waals surface area (Å²) in [5, 5.41) is 0. The van der Waals surface area contributed by atoms with Crippen molar-refractivity contribution in [1.82, 2.24) is 4.90 Å². The summed E-state index contributed by atoms with van der Waals surface area (Å²) in [4.78, 5) is 2.53. The third-order valence-corrected chi connectivity index (χ3v) is 4.13. The van der Waals surface area contributed by atoms with Crippen LogP contribution in [0.3, 0.4) is 0 Å². The van der Waals surface area contributed by atoms with E-state index in [2.05, 4.69) is 52.0 Å². The van der Waals surface area contributed by atoms with Crippen LogP contribution in [0.4, 0.5) is 0 Å². The molecule has 1 fully saturated rings. The molecule has 2 unspecified atom stereocenters. The van der Waals surface area contributed by atoms with Crippen LogP contribution in [0.15, 0.2) is 28.7 Å². The van der Waals surface area contributed by atoms with E-state index in [-0.39, 0.29) is 0 Å². The van der Waals surface area contributed by atoms with Gasteiger partial charge in [-0.25, -0.2) is 0 Å². The number of nitrogens with two attached hydrogens (primary N) is 1. The first kappa shape index (κ1) is 13.1. The Balaban J connectivity index is 1.92. The van der Waals surface area contributed by atoms with E-state index in [0.29, 0.717) is 12.0 Å². The van der Waals surface area contributed by atoms with Gasteiger partial charge in [0.2, 0.25) is 0 Å². The number of halogens is 1. The SMILES string of the molecule is CC(N)C1CCCN(Cc2ccc(Br)cc2)C1. The fourth-order valence-corrected chi connectivity index (χ4v) is 2.78. The lowest BCUT2D eigenvalue weighted by atomic mass is 9.92. The molecule has 1 saturated heterocycles. The van der Waals surface area contributed by atoms with Crippen LogP contribution in [0.1, 0.15) is 25.3 Å². The van der Waals surface area contributed by atoms with E-state index < -0.39 is 0 Å². The average molecular weight is 297 g/mol. The molecule has 0 bridgehead atoms. The lowest BCUT2D eigenvalue weighted by molar-refractivity contribution is 0.154. The van der Waals surface area contributed by atoms with Gasteiger partial charge < -0.3 is 5.73 Å². The fourth-order valence-electron chi connectivity index (χ4n) is 2.51. The molecule has 1 aliphatic rings. The highest BCUT2D eigenvalue weighted by Gasteiger charge is 2.22. The van der Waals surface area contributed by atoms with E-state index in [1.54, 1.807) is 0 Å². The number of hydrogen-bond acceptors (Lipinski definition) is 2. The van der Waals surface area contributed by atoms with Gasteiger partial charge in [0.05, 0.1) is 0 Å². The summed E-state index contributed by atoms with van der Waals surface area (Å²) in [5.74, 6) is 0.666. The van der Waals surface area contributed by atoms with Gasteiger partial charge in [0.15, 0.2) is 0 Å². The summed E-state index contributed by atoms with van der Waals surface area (Å²) in [6.07, 6.45) is 2.57. The summed E-state index contributed by atoms with van der Waals surface area (Å²) >= 11 is 3.47. The van der Waals surface area contributed by atoms with Gasteiger partial charge in [-0.05, 0) is 49.9 Å². The molecule has 1 aromatic carbocycles. The molecule has 1 aliphatic heterocycles. The van der Waals surface area contributed by atoms with Gasteiger partial charge in [0, 0.05) is 23.6 Å². The lowest BCUT2D eigenvalue weighted by Gasteiger charge is -2.34. The quantitative estimate of drug-likeness (QED) is 0.929. The average Bonchev–Trinajstić information content (AvgIpc) is 2.32. The maximum atomic E-state index is 6.01. The normalized spacial score (nSPS) is 23.6. The highest BCUT2D eigenvalue weighted by Crippen LogP contribution is 2.21. The molecule has 0 amide bonds. The molecule has 2 atom stereocenters. The van der Waals surface area contributed by atoms with Crippen LogP contribution >= 0.6 is 15.9 Å². The number of likely N-dealkylation sites (tertiary alicyclic amines) is 1. The number of hydrogen-bond donors (Lipinski definition) is 1. The third kappa shape index (κ3) is 3.80. The van der Waals surface area contributed by atoms with Crippen LogP contribution in [-0.4, -0.2) is 24.0 Å². The smallest absolute Gasteiger partial charge is 0.0233 e. The zero-order valence-electron chi connectivity index (χ0n) is 10.4.